The maximum atomic E-state index is 12.3. The molecule has 1 amide bonds. The number of amides is 1. The van der Waals surface area contributed by atoms with E-state index in [0.29, 0.717) is 13.0 Å². The Labute approximate surface area is 108 Å². The Hall–Kier alpha value is -1.10. The molecule has 0 bridgehead atoms. The van der Waals surface area contributed by atoms with Crippen molar-refractivity contribution in [2.24, 2.45) is 11.7 Å². The number of piperidine rings is 1. The molecular weight excluding hydrogens is 232 g/mol. The highest BCUT2D eigenvalue weighted by Gasteiger charge is 2.30. The molecule has 0 aromatic rings. The van der Waals surface area contributed by atoms with E-state index in [1.165, 1.54) is 0 Å². The number of nitrogens with two attached hydrogens (primary N) is 1. The van der Waals surface area contributed by atoms with Gasteiger partial charge in [-0.25, -0.2) is 0 Å². The van der Waals surface area contributed by atoms with Gasteiger partial charge in [0.15, 0.2) is 0 Å². The van der Waals surface area contributed by atoms with E-state index < -0.39 is 5.97 Å². The van der Waals surface area contributed by atoms with Crippen LogP contribution in [-0.4, -0.2) is 41.0 Å². The fourth-order valence-electron chi connectivity index (χ4n) is 2.56. The minimum absolute atomic E-state index is 0.0861. The number of nitrogens with zero attached hydrogens (tertiary/aromatic N) is 1. The maximum absolute atomic E-state index is 12.3. The van der Waals surface area contributed by atoms with Crippen LogP contribution in [0.3, 0.4) is 0 Å². The molecule has 1 rings (SSSR count). The smallest absolute Gasteiger partial charge is 0.303 e. The van der Waals surface area contributed by atoms with Crippen LogP contribution in [0.4, 0.5) is 0 Å². The predicted octanol–water partition coefficient (Wildman–Crippen LogP) is 1.22. The summed E-state index contributed by atoms with van der Waals surface area (Å²) in [7, 11) is 0. The zero-order valence-electron chi connectivity index (χ0n) is 11.1. The second-order valence-corrected chi connectivity index (χ2v) is 4.95. The molecule has 0 saturated carbocycles. The molecule has 1 aliphatic heterocycles. The SMILES string of the molecule is CCC(CN)C(=O)N1CCCCC1CCC(=O)O. The highest BCUT2D eigenvalue weighted by molar-refractivity contribution is 5.79. The van der Waals surface area contributed by atoms with Crippen molar-refractivity contribution in [3.8, 4) is 0 Å². The number of aliphatic carboxylic acids is 1. The fourth-order valence-corrected chi connectivity index (χ4v) is 2.56. The van der Waals surface area contributed by atoms with Crippen LogP contribution in [0.1, 0.15) is 45.4 Å². The minimum atomic E-state index is -0.793. The Morgan fingerprint density at radius 2 is 2.17 bits per heavy atom. The standard InChI is InChI=1S/C13H24N2O3/c1-2-10(9-14)13(18)15-8-4-3-5-11(15)6-7-12(16)17/h10-11H,2-9,14H2,1H3,(H,16,17). The van der Waals surface area contributed by atoms with E-state index in [-0.39, 0.29) is 24.3 Å². The van der Waals surface area contributed by atoms with Crippen LogP contribution in [0.5, 0.6) is 0 Å². The number of carbonyl (C=O) groups is 2. The molecule has 0 aromatic heterocycles. The lowest BCUT2D eigenvalue weighted by atomic mass is 9.95. The van der Waals surface area contributed by atoms with Crippen molar-refractivity contribution < 1.29 is 14.7 Å². The largest absolute Gasteiger partial charge is 0.481 e. The second kappa shape index (κ2) is 7.36. The molecule has 1 fully saturated rings. The molecular formula is C13H24N2O3. The summed E-state index contributed by atoms with van der Waals surface area (Å²) in [6, 6.07) is 0.0861. The van der Waals surface area contributed by atoms with Crippen molar-refractivity contribution in [3.05, 3.63) is 0 Å². The molecule has 2 atom stereocenters. The number of carbonyl (C=O) groups excluding carboxylic acids is 1. The molecule has 1 aliphatic rings. The monoisotopic (exact) mass is 256 g/mol. The molecule has 0 spiro atoms. The summed E-state index contributed by atoms with van der Waals surface area (Å²) in [6.45, 7) is 3.09. The van der Waals surface area contributed by atoms with Gasteiger partial charge in [-0.2, -0.15) is 0 Å². The zero-order valence-corrected chi connectivity index (χ0v) is 11.1. The highest BCUT2D eigenvalue weighted by atomic mass is 16.4. The van der Waals surface area contributed by atoms with Crippen molar-refractivity contribution in [2.75, 3.05) is 13.1 Å². The normalized spacial score (nSPS) is 21.7. The van der Waals surface area contributed by atoms with Gasteiger partial charge in [-0.3, -0.25) is 9.59 Å². The van der Waals surface area contributed by atoms with Gasteiger partial charge in [0, 0.05) is 25.6 Å². The van der Waals surface area contributed by atoms with Gasteiger partial charge in [0.1, 0.15) is 0 Å². The van der Waals surface area contributed by atoms with Gasteiger partial charge in [0.2, 0.25) is 5.91 Å². The minimum Gasteiger partial charge on any atom is -0.481 e. The van der Waals surface area contributed by atoms with Gasteiger partial charge in [0.25, 0.3) is 0 Å². The van der Waals surface area contributed by atoms with Crippen molar-refractivity contribution in [1.82, 2.24) is 4.90 Å². The fraction of sp³-hybridized carbons (Fsp3) is 0.846. The third kappa shape index (κ3) is 3.98. The molecule has 0 aliphatic carbocycles. The quantitative estimate of drug-likeness (QED) is 0.748. The van der Waals surface area contributed by atoms with Crippen LogP contribution in [0, 0.1) is 5.92 Å². The average Bonchev–Trinajstić information content (AvgIpc) is 2.38. The molecule has 0 aromatic carbocycles. The van der Waals surface area contributed by atoms with Gasteiger partial charge < -0.3 is 15.7 Å². The first-order valence-corrected chi connectivity index (χ1v) is 6.82. The molecule has 104 valence electrons. The van der Waals surface area contributed by atoms with Crippen molar-refractivity contribution in [2.45, 2.75) is 51.5 Å². The summed E-state index contributed by atoms with van der Waals surface area (Å²) in [5, 5.41) is 8.75. The number of hydrogen-bond acceptors (Lipinski definition) is 3. The van der Waals surface area contributed by atoms with Crippen LogP contribution in [-0.2, 0) is 9.59 Å². The lowest BCUT2D eigenvalue weighted by molar-refractivity contribution is -0.142. The Morgan fingerprint density at radius 3 is 2.72 bits per heavy atom. The Bertz CT molecular complexity index is 290. The molecule has 2 unspecified atom stereocenters. The van der Waals surface area contributed by atoms with E-state index >= 15 is 0 Å². The first-order chi connectivity index (χ1) is 8.60. The van der Waals surface area contributed by atoms with Gasteiger partial charge in [-0.15, -0.1) is 0 Å². The van der Waals surface area contributed by atoms with Gasteiger partial charge in [-0.05, 0) is 32.1 Å². The molecule has 5 nitrogen and oxygen atoms in total. The van der Waals surface area contributed by atoms with E-state index in [9.17, 15) is 9.59 Å². The van der Waals surface area contributed by atoms with E-state index in [1.807, 2.05) is 11.8 Å². The van der Waals surface area contributed by atoms with E-state index in [0.717, 1.165) is 32.2 Å². The van der Waals surface area contributed by atoms with Crippen LogP contribution in [0.15, 0.2) is 0 Å². The first kappa shape index (κ1) is 15.0. The summed E-state index contributed by atoms with van der Waals surface area (Å²) in [6.07, 6.45) is 4.44. The summed E-state index contributed by atoms with van der Waals surface area (Å²) in [4.78, 5) is 24.8. The summed E-state index contributed by atoms with van der Waals surface area (Å²) >= 11 is 0. The van der Waals surface area contributed by atoms with Crippen molar-refractivity contribution in [1.29, 1.82) is 0 Å². The van der Waals surface area contributed by atoms with Crippen LogP contribution in [0.25, 0.3) is 0 Å². The van der Waals surface area contributed by atoms with Crippen LogP contribution >= 0.6 is 0 Å². The Morgan fingerprint density at radius 1 is 1.44 bits per heavy atom. The van der Waals surface area contributed by atoms with Gasteiger partial charge >= 0.3 is 5.97 Å². The number of likely N-dealkylation sites (tertiary alicyclic amines) is 1. The van der Waals surface area contributed by atoms with E-state index in [1.54, 1.807) is 0 Å². The average molecular weight is 256 g/mol. The Kier molecular flexibility index (Phi) is 6.12. The lowest BCUT2D eigenvalue weighted by Gasteiger charge is -2.37. The highest BCUT2D eigenvalue weighted by Crippen LogP contribution is 2.23. The van der Waals surface area contributed by atoms with Gasteiger partial charge in [-0.1, -0.05) is 6.92 Å². The number of carboxylic acid groups (broad SMARTS) is 1. The third-order valence-electron chi connectivity index (χ3n) is 3.73. The topological polar surface area (TPSA) is 83.6 Å². The van der Waals surface area contributed by atoms with Crippen LogP contribution in [0.2, 0.25) is 0 Å². The third-order valence-corrected chi connectivity index (χ3v) is 3.73. The molecule has 1 saturated heterocycles. The van der Waals surface area contributed by atoms with E-state index in [2.05, 4.69) is 0 Å². The number of carboxylic acids is 1. The summed E-state index contributed by atoms with van der Waals surface area (Å²) in [5.74, 6) is -0.802. The maximum Gasteiger partial charge on any atom is 0.303 e. The summed E-state index contributed by atoms with van der Waals surface area (Å²) < 4.78 is 0. The molecule has 3 N–H and O–H groups in total. The zero-order chi connectivity index (χ0) is 13.5. The molecule has 0 radical (unpaired) electrons. The van der Waals surface area contributed by atoms with Gasteiger partial charge in [0.05, 0.1) is 5.92 Å². The second-order valence-electron chi connectivity index (χ2n) is 4.95. The van der Waals surface area contributed by atoms with Crippen molar-refractivity contribution in [3.63, 3.8) is 0 Å². The molecule has 1 heterocycles. The van der Waals surface area contributed by atoms with Crippen molar-refractivity contribution >= 4 is 11.9 Å². The number of rotatable bonds is 6. The summed E-state index contributed by atoms with van der Waals surface area (Å²) in [5.41, 5.74) is 5.62. The first-order valence-electron chi connectivity index (χ1n) is 6.82. The van der Waals surface area contributed by atoms with Crippen LogP contribution < -0.4 is 5.73 Å². The number of hydrogen-bond donors (Lipinski definition) is 2. The predicted molar refractivity (Wildman–Crippen MR) is 69.1 cm³/mol. The Balaban J connectivity index is 2.63. The molecule has 5 heteroatoms. The lowest BCUT2D eigenvalue weighted by Crippen LogP contribution is -2.47. The molecule has 18 heavy (non-hydrogen) atoms. The van der Waals surface area contributed by atoms with E-state index in [4.69, 9.17) is 10.8 Å².